The van der Waals surface area contributed by atoms with Crippen LogP contribution in [0.15, 0.2) is 24.3 Å². The molecule has 1 amide bonds. The molecule has 0 saturated carbocycles. The summed E-state index contributed by atoms with van der Waals surface area (Å²) in [5.74, 6) is 0.575. The molecule has 0 radical (unpaired) electrons. The van der Waals surface area contributed by atoms with Gasteiger partial charge in [0.15, 0.2) is 0 Å². The van der Waals surface area contributed by atoms with Crippen molar-refractivity contribution in [2.24, 2.45) is 0 Å². The van der Waals surface area contributed by atoms with Crippen molar-refractivity contribution in [1.82, 2.24) is 10.2 Å². The molecule has 5 nitrogen and oxygen atoms in total. The molecule has 0 aliphatic rings. The zero-order valence-corrected chi connectivity index (χ0v) is 12.8. The largest absolute Gasteiger partial charge is 0.492 e. The van der Waals surface area contributed by atoms with E-state index in [4.69, 9.17) is 10.00 Å². The van der Waals surface area contributed by atoms with Crippen LogP contribution in [0, 0.1) is 11.3 Å². The Bertz CT molecular complexity index is 461. The lowest BCUT2D eigenvalue weighted by Gasteiger charge is -2.18. The summed E-state index contributed by atoms with van der Waals surface area (Å²) in [6.45, 7) is 8.35. The first-order valence-corrected chi connectivity index (χ1v) is 7.27. The zero-order valence-electron chi connectivity index (χ0n) is 12.8. The Hall–Kier alpha value is -2.06. The van der Waals surface area contributed by atoms with Crippen LogP contribution >= 0.6 is 0 Å². The van der Waals surface area contributed by atoms with Crippen LogP contribution in [0.2, 0.25) is 0 Å². The highest BCUT2D eigenvalue weighted by molar-refractivity contribution is 5.77. The van der Waals surface area contributed by atoms with Gasteiger partial charge in [0, 0.05) is 13.1 Å². The summed E-state index contributed by atoms with van der Waals surface area (Å²) in [6, 6.07) is 9.44. The molecule has 0 aliphatic heterocycles. The monoisotopic (exact) mass is 289 g/mol. The maximum atomic E-state index is 11.2. The fourth-order valence-corrected chi connectivity index (χ4v) is 1.87. The normalized spacial score (nSPS) is 10.2. The molecular formula is C16H23N3O2. The maximum absolute atomic E-state index is 11.2. The van der Waals surface area contributed by atoms with Crippen molar-refractivity contribution in [3.05, 3.63) is 29.8 Å². The third-order valence-corrected chi connectivity index (χ3v) is 3.22. The molecule has 0 saturated heterocycles. The van der Waals surface area contributed by atoms with Gasteiger partial charge in [-0.25, -0.2) is 0 Å². The standard InChI is InChI=1S/C16H23N3O2/c1-3-19(4-2)11-12-21-15-7-5-14(6-8-15)13-18-16(20)9-10-17/h5-8H,3-4,9,11-13H2,1-2H3,(H,18,20). The lowest BCUT2D eigenvalue weighted by molar-refractivity contribution is -0.120. The van der Waals surface area contributed by atoms with Gasteiger partial charge in [0.25, 0.3) is 0 Å². The lowest BCUT2D eigenvalue weighted by atomic mass is 10.2. The number of hydrogen-bond acceptors (Lipinski definition) is 4. The fourth-order valence-electron chi connectivity index (χ4n) is 1.87. The van der Waals surface area contributed by atoms with Gasteiger partial charge in [-0.05, 0) is 30.8 Å². The summed E-state index contributed by atoms with van der Waals surface area (Å²) >= 11 is 0. The number of nitrogens with zero attached hydrogens (tertiary/aromatic N) is 2. The van der Waals surface area contributed by atoms with Gasteiger partial charge < -0.3 is 15.0 Å². The summed E-state index contributed by atoms with van der Waals surface area (Å²) in [7, 11) is 0. The number of carbonyl (C=O) groups is 1. The van der Waals surface area contributed by atoms with Gasteiger partial charge in [-0.3, -0.25) is 4.79 Å². The summed E-state index contributed by atoms with van der Waals surface area (Å²) in [4.78, 5) is 13.5. The number of amides is 1. The predicted molar refractivity (Wildman–Crippen MR) is 81.8 cm³/mol. The van der Waals surface area contributed by atoms with Crippen LogP contribution in [0.25, 0.3) is 0 Å². The number of nitrogens with one attached hydrogen (secondary N) is 1. The zero-order chi connectivity index (χ0) is 15.5. The first kappa shape index (κ1) is 17.0. The van der Waals surface area contributed by atoms with Gasteiger partial charge in [0.2, 0.25) is 5.91 Å². The minimum atomic E-state index is -0.253. The molecule has 0 aromatic heterocycles. The summed E-state index contributed by atoms with van der Waals surface area (Å²) in [6.07, 6.45) is -0.105. The molecule has 0 fully saturated rings. The van der Waals surface area contributed by atoms with Crippen LogP contribution < -0.4 is 10.1 Å². The van der Waals surface area contributed by atoms with Crippen molar-refractivity contribution < 1.29 is 9.53 Å². The van der Waals surface area contributed by atoms with Crippen molar-refractivity contribution in [3.8, 4) is 11.8 Å². The number of nitriles is 1. The maximum Gasteiger partial charge on any atom is 0.234 e. The summed E-state index contributed by atoms with van der Waals surface area (Å²) in [5, 5.41) is 11.1. The second-order valence-corrected chi connectivity index (χ2v) is 4.63. The van der Waals surface area contributed by atoms with E-state index in [1.54, 1.807) is 0 Å². The molecule has 1 aromatic rings. The Balaban J connectivity index is 2.33. The van der Waals surface area contributed by atoms with E-state index < -0.39 is 0 Å². The predicted octanol–water partition coefficient (Wildman–Crippen LogP) is 1.94. The van der Waals surface area contributed by atoms with E-state index in [1.165, 1.54) is 0 Å². The van der Waals surface area contributed by atoms with Gasteiger partial charge in [-0.2, -0.15) is 5.26 Å². The van der Waals surface area contributed by atoms with Gasteiger partial charge in [-0.1, -0.05) is 26.0 Å². The molecule has 0 atom stereocenters. The smallest absolute Gasteiger partial charge is 0.234 e. The third kappa shape index (κ3) is 6.77. The van der Waals surface area contributed by atoms with Crippen molar-refractivity contribution in [2.45, 2.75) is 26.8 Å². The number of ether oxygens (including phenoxy) is 1. The molecule has 1 aromatic carbocycles. The average molecular weight is 289 g/mol. The first-order valence-electron chi connectivity index (χ1n) is 7.27. The van der Waals surface area contributed by atoms with Gasteiger partial charge in [0.1, 0.15) is 18.8 Å². The fraction of sp³-hybridized carbons (Fsp3) is 0.500. The average Bonchev–Trinajstić information content (AvgIpc) is 2.51. The summed E-state index contributed by atoms with van der Waals surface area (Å²) in [5.41, 5.74) is 0.984. The Kier molecular flexibility index (Phi) is 7.92. The number of benzene rings is 1. The second kappa shape index (κ2) is 9.78. The highest BCUT2D eigenvalue weighted by Gasteiger charge is 2.02. The molecule has 1 rings (SSSR count). The Morgan fingerprint density at radius 2 is 1.95 bits per heavy atom. The van der Waals surface area contributed by atoms with E-state index >= 15 is 0 Å². The van der Waals surface area contributed by atoms with Crippen LogP contribution in [0.5, 0.6) is 5.75 Å². The van der Waals surface area contributed by atoms with Crippen LogP contribution in [0.3, 0.4) is 0 Å². The van der Waals surface area contributed by atoms with Crippen LogP contribution in [0.1, 0.15) is 25.8 Å². The minimum Gasteiger partial charge on any atom is -0.492 e. The molecule has 0 aliphatic carbocycles. The van der Waals surface area contributed by atoms with Crippen LogP contribution in [0.4, 0.5) is 0 Å². The summed E-state index contributed by atoms with van der Waals surface area (Å²) < 4.78 is 5.69. The Morgan fingerprint density at radius 3 is 2.52 bits per heavy atom. The van der Waals surface area contributed by atoms with Crippen molar-refractivity contribution >= 4 is 5.91 Å². The van der Waals surface area contributed by atoms with E-state index in [-0.39, 0.29) is 12.3 Å². The molecule has 21 heavy (non-hydrogen) atoms. The highest BCUT2D eigenvalue weighted by Crippen LogP contribution is 2.12. The van der Waals surface area contributed by atoms with Crippen LogP contribution in [-0.2, 0) is 11.3 Å². The SMILES string of the molecule is CCN(CC)CCOc1ccc(CNC(=O)CC#N)cc1. The second-order valence-electron chi connectivity index (χ2n) is 4.63. The molecule has 5 heteroatoms. The lowest BCUT2D eigenvalue weighted by Crippen LogP contribution is -2.27. The molecule has 0 bridgehead atoms. The molecular weight excluding hydrogens is 266 g/mol. The third-order valence-electron chi connectivity index (χ3n) is 3.22. The number of likely N-dealkylation sites (N-methyl/N-ethyl adjacent to an activating group) is 1. The van der Waals surface area contributed by atoms with Gasteiger partial charge in [0.05, 0.1) is 6.07 Å². The van der Waals surface area contributed by atoms with E-state index in [2.05, 4.69) is 24.1 Å². The van der Waals surface area contributed by atoms with Crippen molar-refractivity contribution in [1.29, 1.82) is 5.26 Å². The molecule has 1 N–H and O–H groups in total. The van der Waals surface area contributed by atoms with Crippen molar-refractivity contribution in [2.75, 3.05) is 26.2 Å². The number of hydrogen-bond donors (Lipinski definition) is 1. The Labute approximate surface area is 126 Å². The first-order chi connectivity index (χ1) is 10.2. The van der Waals surface area contributed by atoms with E-state index in [0.29, 0.717) is 13.2 Å². The molecule has 114 valence electrons. The number of rotatable bonds is 9. The topological polar surface area (TPSA) is 65.4 Å². The van der Waals surface area contributed by atoms with Crippen LogP contribution in [-0.4, -0.2) is 37.0 Å². The van der Waals surface area contributed by atoms with Gasteiger partial charge >= 0.3 is 0 Å². The minimum absolute atomic E-state index is 0.105. The number of carbonyl (C=O) groups excluding carboxylic acids is 1. The van der Waals surface area contributed by atoms with E-state index in [0.717, 1.165) is 30.9 Å². The van der Waals surface area contributed by atoms with E-state index in [9.17, 15) is 4.79 Å². The molecule has 0 unspecified atom stereocenters. The highest BCUT2D eigenvalue weighted by atomic mass is 16.5. The van der Waals surface area contributed by atoms with E-state index in [1.807, 2.05) is 30.3 Å². The Morgan fingerprint density at radius 1 is 1.29 bits per heavy atom. The van der Waals surface area contributed by atoms with Crippen molar-refractivity contribution in [3.63, 3.8) is 0 Å². The molecule has 0 heterocycles. The van der Waals surface area contributed by atoms with Gasteiger partial charge in [-0.15, -0.1) is 0 Å². The molecule has 0 spiro atoms. The quantitative estimate of drug-likeness (QED) is 0.754.